The highest BCUT2D eigenvalue weighted by Gasteiger charge is 2.24. The van der Waals surface area contributed by atoms with Crippen molar-refractivity contribution in [2.24, 2.45) is 0 Å². The number of nitrogens with one attached hydrogen (secondary N) is 1. The lowest BCUT2D eigenvalue weighted by atomic mass is 10.1. The smallest absolute Gasteiger partial charge is 0.254 e. The molecule has 1 aromatic carbocycles. The summed E-state index contributed by atoms with van der Waals surface area (Å²) in [6.45, 7) is 8.05. The fraction of sp³-hybridized carbons (Fsp3) is 0.524. The number of benzene rings is 1. The third kappa shape index (κ3) is 7.07. The molecule has 0 unspecified atom stereocenters. The number of nitrogens with zero attached hydrogens (tertiary/aromatic N) is 2. The number of ether oxygens (including phenoxy) is 3. The van der Waals surface area contributed by atoms with E-state index in [1.807, 2.05) is 0 Å². The van der Waals surface area contributed by atoms with E-state index in [9.17, 15) is 9.59 Å². The average Bonchev–Trinajstić information content (AvgIpc) is 2.75. The maximum Gasteiger partial charge on any atom is 0.254 e. The Labute approximate surface area is 172 Å². The van der Waals surface area contributed by atoms with Gasteiger partial charge in [-0.3, -0.25) is 14.5 Å². The van der Waals surface area contributed by atoms with Gasteiger partial charge in [0.1, 0.15) is 6.61 Å². The zero-order valence-corrected chi connectivity index (χ0v) is 17.3. The molecule has 0 bridgehead atoms. The largest absolute Gasteiger partial charge is 0.493 e. The molecule has 8 nitrogen and oxygen atoms in total. The normalized spacial score (nSPS) is 14.3. The van der Waals surface area contributed by atoms with Gasteiger partial charge in [-0.15, -0.1) is 0 Å². The van der Waals surface area contributed by atoms with Crippen molar-refractivity contribution in [3.8, 4) is 11.5 Å². The van der Waals surface area contributed by atoms with Crippen LogP contribution in [-0.4, -0.2) is 88.3 Å². The quantitative estimate of drug-likeness (QED) is 0.440. The van der Waals surface area contributed by atoms with E-state index in [1.54, 1.807) is 43.4 Å². The zero-order chi connectivity index (χ0) is 21.1. The van der Waals surface area contributed by atoms with Crippen LogP contribution in [0.15, 0.2) is 30.9 Å². The third-order valence-electron chi connectivity index (χ3n) is 4.64. The molecular weight excluding hydrogens is 374 g/mol. The van der Waals surface area contributed by atoms with Crippen molar-refractivity contribution in [1.29, 1.82) is 0 Å². The van der Waals surface area contributed by atoms with Crippen LogP contribution in [0.2, 0.25) is 0 Å². The molecule has 2 rings (SSSR count). The lowest BCUT2D eigenvalue weighted by molar-refractivity contribution is -0.122. The summed E-state index contributed by atoms with van der Waals surface area (Å²) in [6, 6.07) is 5.17. The standard InChI is InChI=1S/C21H31N3O5/c1-4-13-29-18-7-6-17(15-19(18)28-3)21(26)24-11-9-23(10-12-24)16-20(25)22-8-5-14-27-2/h4,6-7,15H,1,5,8-14,16H2,2-3H3,(H,22,25). The molecule has 0 aromatic heterocycles. The van der Waals surface area contributed by atoms with Crippen LogP contribution in [0.4, 0.5) is 0 Å². The first-order valence-corrected chi connectivity index (χ1v) is 9.78. The molecule has 0 radical (unpaired) electrons. The van der Waals surface area contributed by atoms with Gasteiger partial charge < -0.3 is 24.4 Å². The SMILES string of the molecule is C=CCOc1ccc(C(=O)N2CCN(CC(=O)NCCCOC)CC2)cc1OC. The van der Waals surface area contributed by atoms with Crippen LogP contribution in [-0.2, 0) is 9.53 Å². The van der Waals surface area contributed by atoms with Crippen molar-refractivity contribution < 1.29 is 23.8 Å². The van der Waals surface area contributed by atoms with Gasteiger partial charge in [-0.05, 0) is 24.6 Å². The van der Waals surface area contributed by atoms with Crippen LogP contribution in [0.5, 0.6) is 11.5 Å². The van der Waals surface area contributed by atoms with Crippen LogP contribution in [0, 0.1) is 0 Å². The van der Waals surface area contributed by atoms with Crippen molar-refractivity contribution in [1.82, 2.24) is 15.1 Å². The molecule has 1 saturated heterocycles. The minimum absolute atomic E-state index is 0.000675. The molecule has 1 N–H and O–H groups in total. The highest BCUT2D eigenvalue weighted by Crippen LogP contribution is 2.28. The Balaban J connectivity index is 1.83. The van der Waals surface area contributed by atoms with Gasteiger partial charge in [0, 0.05) is 52.0 Å². The van der Waals surface area contributed by atoms with Crippen molar-refractivity contribution in [3.63, 3.8) is 0 Å². The van der Waals surface area contributed by atoms with E-state index in [2.05, 4.69) is 16.8 Å². The van der Waals surface area contributed by atoms with Gasteiger partial charge in [0.15, 0.2) is 11.5 Å². The van der Waals surface area contributed by atoms with Crippen LogP contribution in [0.25, 0.3) is 0 Å². The highest BCUT2D eigenvalue weighted by molar-refractivity contribution is 5.95. The molecule has 1 aliphatic heterocycles. The minimum atomic E-state index is -0.0535. The first kappa shape index (κ1) is 22.7. The number of carbonyl (C=O) groups is 2. The third-order valence-corrected chi connectivity index (χ3v) is 4.64. The molecule has 1 heterocycles. The number of rotatable bonds is 11. The Morgan fingerprint density at radius 1 is 1.17 bits per heavy atom. The Hall–Kier alpha value is -2.58. The predicted octanol–water partition coefficient (Wildman–Crippen LogP) is 1.17. The summed E-state index contributed by atoms with van der Waals surface area (Å²) in [5.74, 6) is 1.04. The van der Waals surface area contributed by atoms with E-state index in [0.29, 0.717) is 69.5 Å². The molecule has 160 valence electrons. The fourth-order valence-corrected chi connectivity index (χ4v) is 3.06. The summed E-state index contributed by atoms with van der Waals surface area (Å²) in [4.78, 5) is 28.7. The lowest BCUT2D eigenvalue weighted by Crippen LogP contribution is -2.51. The van der Waals surface area contributed by atoms with E-state index < -0.39 is 0 Å². The van der Waals surface area contributed by atoms with Gasteiger partial charge in [0.2, 0.25) is 5.91 Å². The predicted molar refractivity (Wildman–Crippen MR) is 111 cm³/mol. The summed E-state index contributed by atoms with van der Waals surface area (Å²) in [7, 11) is 3.19. The Kier molecular flexibility index (Phi) is 9.46. The Bertz CT molecular complexity index is 687. The van der Waals surface area contributed by atoms with E-state index in [4.69, 9.17) is 14.2 Å². The highest BCUT2D eigenvalue weighted by atomic mass is 16.5. The molecule has 1 fully saturated rings. The second-order valence-corrected chi connectivity index (χ2v) is 6.73. The first-order chi connectivity index (χ1) is 14.1. The maximum absolute atomic E-state index is 12.8. The zero-order valence-electron chi connectivity index (χ0n) is 17.3. The number of carbonyl (C=O) groups excluding carboxylic acids is 2. The first-order valence-electron chi connectivity index (χ1n) is 9.78. The van der Waals surface area contributed by atoms with E-state index >= 15 is 0 Å². The fourth-order valence-electron chi connectivity index (χ4n) is 3.06. The Morgan fingerprint density at radius 3 is 2.59 bits per heavy atom. The number of piperazine rings is 1. The number of hydrogen-bond acceptors (Lipinski definition) is 6. The molecule has 0 atom stereocenters. The topological polar surface area (TPSA) is 80.3 Å². The molecule has 2 amide bonds. The van der Waals surface area contributed by atoms with Crippen molar-refractivity contribution in [2.75, 3.05) is 66.7 Å². The van der Waals surface area contributed by atoms with Crippen LogP contribution in [0.1, 0.15) is 16.8 Å². The minimum Gasteiger partial charge on any atom is -0.493 e. The molecule has 0 aliphatic carbocycles. The summed E-state index contributed by atoms with van der Waals surface area (Å²) in [5, 5.41) is 2.88. The average molecular weight is 405 g/mol. The van der Waals surface area contributed by atoms with Gasteiger partial charge in [-0.25, -0.2) is 0 Å². The van der Waals surface area contributed by atoms with Gasteiger partial charge in [0.05, 0.1) is 13.7 Å². The molecule has 0 saturated carbocycles. The molecule has 8 heteroatoms. The summed E-state index contributed by atoms with van der Waals surface area (Å²) < 4.78 is 15.8. The second kappa shape index (κ2) is 12.1. The van der Waals surface area contributed by atoms with Gasteiger partial charge in [-0.2, -0.15) is 0 Å². The van der Waals surface area contributed by atoms with Crippen molar-refractivity contribution >= 4 is 11.8 Å². The summed E-state index contributed by atoms with van der Waals surface area (Å²) in [6.07, 6.45) is 2.45. The van der Waals surface area contributed by atoms with Crippen LogP contribution < -0.4 is 14.8 Å². The number of hydrogen-bond donors (Lipinski definition) is 1. The summed E-state index contributed by atoms with van der Waals surface area (Å²) >= 11 is 0. The maximum atomic E-state index is 12.8. The van der Waals surface area contributed by atoms with Crippen molar-refractivity contribution in [3.05, 3.63) is 36.4 Å². The van der Waals surface area contributed by atoms with Crippen LogP contribution in [0.3, 0.4) is 0 Å². The number of amides is 2. The van der Waals surface area contributed by atoms with Crippen molar-refractivity contribution in [2.45, 2.75) is 6.42 Å². The second-order valence-electron chi connectivity index (χ2n) is 6.73. The summed E-state index contributed by atoms with van der Waals surface area (Å²) in [5.41, 5.74) is 0.553. The number of methoxy groups -OCH3 is 2. The van der Waals surface area contributed by atoms with Gasteiger partial charge >= 0.3 is 0 Å². The Morgan fingerprint density at radius 2 is 1.93 bits per heavy atom. The lowest BCUT2D eigenvalue weighted by Gasteiger charge is -2.34. The molecule has 29 heavy (non-hydrogen) atoms. The van der Waals surface area contributed by atoms with E-state index in [1.165, 1.54) is 0 Å². The van der Waals surface area contributed by atoms with Crippen LogP contribution >= 0.6 is 0 Å². The molecular formula is C21H31N3O5. The van der Waals surface area contributed by atoms with E-state index in [-0.39, 0.29) is 11.8 Å². The molecule has 1 aliphatic rings. The molecule has 1 aromatic rings. The van der Waals surface area contributed by atoms with E-state index in [0.717, 1.165) is 6.42 Å². The molecule has 0 spiro atoms. The van der Waals surface area contributed by atoms with Gasteiger partial charge in [-0.1, -0.05) is 12.7 Å². The monoisotopic (exact) mass is 405 g/mol. The van der Waals surface area contributed by atoms with Gasteiger partial charge in [0.25, 0.3) is 5.91 Å².